The molecule has 0 amide bonds. The molecular weight excluding hydrogens is 276 g/mol. The van der Waals surface area contributed by atoms with E-state index in [4.69, 9.17) is 24.0 Å². The van der Waals surface area contributed by atoms with Crippen molar-refractivity contribution in [3.05, 3.63) is 24.6 Å². The molecule has 0 N–H and O–H groups in total. The van der Waals surface area contributed by atoms with Crippen molar-refractivity contribution in [2.75, 3.05) is 27.9 Å². The van der Waals surface area contributed by atoms with E-state index in [-0.39, 0.29) is 11.3 Å². The Labute approximate surface area is 124 Å². The third-order valence-corrected chi connectivity index (χ3v) is 2.79. The standard InChI is InChI=1S/C15H21O6/c1-5-6-7-10-20-21-15(16)11-8-9-12(17-2)14(19-4)13(11)18-3/h8-9H,1,5-7,10H2,2-4H3. The van der Waals surface area contributed by atoms with E-state index in [1.54, 1.807) is 6.07 Å². The molecule has 6 nitrogen and oxygen atoms in total. The summed E-state index contributed by atoms with van der Waals surface area (Å²) in [5.41, 5.74) is 0.201. The van der Waals surface area contributed by atoms with Crippen LogP contribution in [0.15, 0.2) is 12.1 Å². The van der Waals surface area contributed by atoms with Crippen molar-refractivity contribution in [1.82, 2.24) is 0 Å². The summed E-state index contributed by atoms with van der Waals surface area (Å²) in [6.45, 7) is 4.05. The smallest absolute Gasteiger partial charge is 0.376 e. The van der Waals surface area contributed by atoms with Gasteiger partial charge in [-0.2, -0.15) is 4.89 Å². The van der Waals surface area contributed by atoms with Crippen molar-refractivity contribution >= 4 is 5.97 Å². The van der Waals surface area contributed by atoms with Crippen molar-refractivity contribution < 1.29 is 28.8 Å². The molecule has 0 unspecified atom stereocenters. The van der Waals surface area contributed by atoms with Gasteiger partial charge in [-0.3, -0.25) is 4.89 Å². The molecule has 1 aromatic rings. The second kappa shape index (κ2) is 9.07. The van der Waals surface area contributed by atoms with E-state index in [9.17, 15) is 4.79 Å². The molecule has 0 fully saturated rings. The highest BCUT2D eigenvalue weighted by Gasteiger charge is 2.22. The number of carbonyl (C=O) groups excluding carboxylic acids is 1. The summed E-state index contributed by atoms with van der Waals surface area (Å²) in [4.78, 5) is 21.6. The van der Waals surface area contributed by atoms with Crippen LogP contribution in [0.5, 0.6) is 17.2 Å². The average molecular weight is 297 g/mol. The molecule has 0 spiro atoms. The first-order valence-corrected chi connectivity index (χ1v) is 6.61. The number of rotatable bonds is 9. The summed E-state index contributed by atoms with van der Waals surface area (Å²) in [6.07, 6.45) is 2.51. The van der Waals surface area contributed by atoms with Gasteiger partial charge in [-0.25, -0.2) is 4.79 Å². The lowest BCUT2D eigenvalue weighted by Crippen LogP contribution is -2.09. The first-order valence-electron chi connectivity index (χ1n) is 6.61. The van der Waals surface area contributed by atoms with Crippen molar-refractivity contribution in [3.8, 4) is 17.2 Å². The summed E-state index contributed by atoms with van der Waals surface area (Å²) < 4.78 is 15.6. The highest BCUT2D eigenvalue weighted by Crippen LogP contribution is 2.39. The van der Waals surface area contributed by atoms with Gasteiger partial charge in [-0.05, 0) is 18.6 Å². The number of methoxy groups -OCH3 is 3. The van der Waals surface area contributed by atoms with E-state index in [2.05, 4.69) is 6.92 Å². The van der Waals surface area contributed by atoms with E-state index >= 15 is 0 Å². The zero-order valence-electron chi connectivity index (χ0n) is 12.6. The van der Waals surface area contributed by atoms with Gasteiger partial charge in [0.2, 0.25) is 5.75 Å². The summed E-state index contributed by atoms with van der Waals surface area (Å²) in [5, 5.41) is 0. The molecule has 0 saturated heterocycles. The Morgan fingerprint density at radius 1 is 1.05 bits per heavy atom. The minimum Gasteiger partial charge on any atom is -0.493 e. The maximum Gasteiger partial charge on any atom is 0.376 e. The second-order valence-electron chi connectivity index (χ2n) is 4.14. The number of hydrogen-bond acceptors (Lipinski definition) is 6. The van der Waals surface area contributed by atoms with Gasteiger partial charge in [0.1, 0.15) is 5.56 Å². The highest BCUT2D eigenvalue weighted by atomic mass is 17.2. The van der Waals surface area contributed by atoms with E-state index in [1.165, 1.54) is 27.4 Å². The molecule has 1 aromatic carbocycles. The van der Waals surface area contributed by atoms with Crippen LogP contribution in [0.2, 0.25) is 0 Å². The normalized spacial score (nSPS) is 10.1. The highest BCUT2D eigenvalue weighted by molar-refractivity contribution is 5.93. The lowest BCUT2D eigenvalue weighted by Gasteiger charge is -2.14. The Morgan fingerprint density at radius 3 is 2.33 bits per heavy atom. The van der Waals surface area contributed by atoms with Gasteiger partial charge >= 0.3 is 5.97 Å². The Hall–Kier alpha value is -1.95. The topological polar surface area (TPSA) is 63.2 Å². The molecule has 0 aliphatic rings. The maximum atomic E-state index is 12.0. The van der Waals surface area contributed by atoms with Crippen LogP contribution in [0.1, 0.15) is 29.6 Å². The molecule has 1 radical (unpaired) electrons. The SMILES string of the molecule is [CH2]CCCCOOC(=O)c1ccc(OC)c(OC)c1OC. The summed E-state index contributed by atoms with van der Waals surface area (Å²) in [6, 6.07) is 3.13. The fourth-order valence-corrected chi connectivity index (χ4v) is 1.74. The van der Waals surface area contributed by atoms with Crippen LogP contribution >= 0.6 is 0 Å². The van der Waals surface area contributed by atoms with E-state index in [0.717, 1.165) is 19.3 Å². The minimum absolute atomic E-state index is 0.201. The molecule has 0 saturated carbocycles. The van der Waals surface area contributed by atoms with Crippen molar-refractivity contribution in [2.24, 2.45) is 0 Å². The van der Waals surface area contributed by atoms with Gasteiger partial charge < -0.3 is 14.2 Å². The zero-order chi connectivity index (χ0) is 15.7. The van der Waals surface area contributed by atoms with Crippen molar-refractivity contribution in [3.63, 3.8) is 0 Å². The van der Waals surface area contributed by atoms with Crippen LogP contribution in [-0.2, 0) is 9.78 Å². The monoisotopic (exact) mass is 297 g/mol. The van der Waals surface area contributed by atoms with Gasteiger partial charge in [-0.1, -0.05) is 19.8 Å². The molecule has 0 heterocycles. The largest absolute Gasteiger partial charge is 0.493 e. The fourth-order valence-electron chi connectivity index (χ4n) is 1.74. The first-order chi connectivity index (χ1) is 10.2. The molecule has 0 aliphatic heterocycles. The Morgan fingerprint density at radius 2 is 1.76 bits per heavy atom. The van der Waals surface area contributed by atoms with Crippen LogP contribution < -0.4 is 14.2 Å². The van der Waals surface area contributed by atoms with Gasteiger partial charge in [0.15, 0.2) is 11.5 Å². The fraction of sp³-hybridized carbons (Fsp3) is 0.467. The van der Waals surface area contributed by atoms with Crippen LogP contribution in [0.4, 0.5) is 0 Å². The molecular formula is C15H21O6. The van der Waals surface area contributed by atoms with Crippen molar-refractivity contribution in [2.45, 2.75) is 19.3 Å². The number of ether oxygens (including phenoxy) is 3. The van der Waals surface area contributed by atoms with Crippen LogP contribution in [-0.4, -0.2) is 33.9 Å². The molecule has 117 valence electrons. The first kappa shape index (κ1) is 17.1. The minimum atomic E-state index is -0.651. The number of benzene rings is 1. The predicted molar refractivity (Wildman–Crippen MR) is 76.7 cm³/mol. The summed E-state index contributed by atoms with van der Waals surface area (Å²) in [5.74, 6) is 0.374. The van der Waals surface area contributed by atoms with Crippen LogP contribution in [0.3, 0.4) is 0 Å². The molecule has 6 heteroatoms. The Bertz CT molecular complexity index is 458. The summed E-state index contributed by atoms with van der Waals surface area (Å²) in [7, 11) is 4.40. The summed E-state index contributed by atoms with van der Waals surface area (Å²) >= 11 is 0. The van der Waals surface area contributed by atoms with Gasteiger partial charge in [0, 0.05) is 0 Å². The molecule has 0 bridgehead atoms. The number of carbonyl (C=O) groups is 1. The quantitative estimate of drug-likeness (QED) is 0.397. The third kappa shape index (κ3) is 4.53. The Kier molecular flexibility index (Phi) is 7.39. The maximum absolute atomic E-state index is 12.0. The molecule has 0 aliphatic carbocycles. The van der Waals surface area contributed by atoms with Gasteiger partial charge in [0.05, 0.1) is 27.9 Å². The van der Waals surface area contributed by atoms with Crippen molar-refractivity contribution in [1.29, 1.82) is 0 Å². The molecule has 1 rings (SSSR count). The molecule has 21 heavy (non-hydrogen) atoms. The number of hydrogen-bond donors (Lipinski definition) is 0. The zero-order valence-corrected chi connectivity index (χ0v) is 12.6. The molecule has 0 atom stereocenters. The predicted octanol–water partition coefficient (Wildman–Crippen LogP) is 2.81. The Balaban J connectivity index is 2.79. The molecule has 0 aromatic heterocycles. The van der Waals surface area contributed by atoms with E-state index < -0.39 is 5.97 Å². The lowest BCUT2D eigenvalue weighted by molar-refractivity contribution is -0.241. The van der Waals surface area contributed by atoms with Gasteiger partial charge in [0.25, 0.3) is 0 Å². The third-order valence-electron chi connectivity index (χ3n) is 2.79. The van der Waals surface area contributed by atoms with E-state index in [1.807, 2.05) is 0 Å². The van der Waals surface area contributed by atoms with Crippen LogP contribution in [0.25, 0.3) is 0 Å². The average Bonchev–Trinajstić information content (AvgIpc) is 2.52. The lowest BCUT2D eigenvalue weighted by atomic mass is 10.1. The second-order valence-corrected chi connectivity index (χ2v) is 4.14. The number of unbranched alkanes of at least 4 members (excludes halogenated alkanes) is 2. The van der Waals surface area contributed by atoms with Gasteiger partial charge in [-0.15, -0.1) is 0 Å². The van der Waals surface area contributed by atoms with E-state index in [0.29, 0.717) is 18.1 Å². The van der Waals surface area contributed by atoms with Crippen LogP contribution in [0, 0.1) is 6.92 Å².